The maximum Gasteiger partial charge on any atom is 0.265 e. The molecule has 1 unspecified atom stereocenters. The Morgan fingerprint density at radius 3 is 2.50 bits per heavy atom. The lowest BCUT2D eigenvalue weighted by atomic mass is 10.2. The van der Waals surface area contributed by atoms with Gasteiger partial charge in [0.2, 0.25) is 10.0 Å². The normalized spacial score (nSPS) is 15.8. The summed E-state index contributed by atoms with van der Waals surface area (Å²) in [5.41, 5.74) is 1.63. The molecule has 9 heteroatoms. The molecule has 1 aliphatic heterocycles. The summed E-state index contributed by atoms with van der Waals surface area (Å²) in [7, 11) is -3.67. The molecule has 1 N–H and O–H groups in total. The van der Waals surface area contributed by atoms with E-state index in [4.69, 9.17) is 14.7 Å². The molecule has 1 atom stereocenters. The van der Waals surface area contributed by atoms with E-state index < -0.39 is 22.0 Å². The van der Waals surface area contributed by atoms with Crippen molar-refractivity contribution in [2.24, 2.45) is 0 Å². The first kappa shape index (κ1) is 21.8. The third kappa shape index (κ3) is 4.97. The van der Waals surface area contributed by atoms with Crippen LogP contribution in [0.15, 0.2) is 47.4 Å². The lowest BCUT2D eigenvalue weighted by Crippen LogP contribution is -2.40. The van der Waals surface area contributed by atoms with Crippen LogP contribution in [-0.4, -0.2) is 51.0 Å². The fraction of sp³-hybridized carbons (Fsp3) is 0.333. The Morgan fingerprint density at radius 2 is 1.87 bits per heavy atom. The average molecular weight is 429 g/mol. The molecule has 0 aromatic heterocycles. The number of benzene rings is 2. The number of morpholine rings is 1. The van der Waals surface area contributed by atoms with Gasteiger partial charge in [-0.1, -0.05) is 6.07 Å². The summed E-state index contributed by atoms with van der Waals surface area (Å²) < 4.78 is 38.0. The van der Waals surface area contributed by atoms with E-state index in [-0.39, 0.29) is 4.90 Å². The number of rotatable bonds is 6. The van der Waals surface area contributed by atoms with Crippen molar-refractivity contribution in [1.29, 1.82) is 5.26 Å². The number of carbonyl (C=O) groups excluding carboxylic acids is 1. The number of nitrogens with one attached hydrogen (secondary N) is 1. The fourth-order valence-electron chi connectivity index (χ4n) is 2.93. The SMILES string of the molecule is Cc1ccc(S(=O)(=O)N2CCOCC2)cc1NC(=O)C(C)Oc1ccc(C#N)cc1. The Hall–Kier alpha value is -2.93. The van der Waals surface area contributed by atoms with Crippen LogP contribution in [0.2, 0.25) is 0 Å². The zero-order valence-electron chi connectivity index (χ0n) is 16.8. The van der Waals surface area contributed by atoms with E-state index in [0.717, 1.165) is 5.56 Å². The Balaban J connectivity index is 1.72. The Bertz CT molecular complexity index is 1060. The van der Waals surface area contributed by atoms with Crippen molar-refractivity contribution in [2.75, 3.05) is 31.6 Å². The zero-order valence-corrected chi connectivity index (χ0v) is 17.6. The first-order valence-corrected chi connectivity index (χ1v) is 10.9. The highest BCUT2D eigenvalue weighted by atomic mass is 32.2. The number of hydrogen-bond donors (Lipinski definition) is 1. The average Bonchev–Trinajstić information content (AvgIpc) is 2.76. The predicted octanol–water partition coefficient (Wildman–Crippen LogP) is 2.29. The van der Waals surface area contributed by atoms with Gasteiger partial charge in [0.05, 0.1) is 29.7 Å². The molecule has 8 nitrogen and oxygen atoms in total. The number of aryl methyl sites for hydroxylation is 1. The van der Waals surface area contributed by atoms with E-state index >= 15 is 0 Å². The summed E-state index contributed by atoms with van der Waals surface area (Å²) in [4.78, 5) is 12.7. The molecule has 1 saturated heterocycles. The van der Waals surface area contributed by atoms with Gasteiger partial charge < -0.3 is 14.8 Å². The quantitative estimate of drug-likeness (QED) is 0.755. The second kappa shape index (κ2) is 9.26. The van der Waals surface area contributed by atoms with Gasteiger partial charge in [0.15, 0.2) is 6.10 Å². The van der Waals surface area contributed by atoms with Crippen molar-refractivity contribution < 1.29 is 22.7 Å². The van der Waals surface area contributed by atoms with Crippen LogP contribution in [0.1, 0.15) is 18.1 Å². The fourth-order valence-corrected chi connectivity index (χ4v) is 4.37. The maximum absolute atomic E-state index is 12.9. The van der Waals surface area contributed by atoms with E-state index in [2.05, 4.69) is 5.32 Å². The molecular weight excluding hydrogens is 406 g/mol. The second-order valence-electron chi connectivity index (χ2n) is 6.88. The number of nitriles is 1. The molecule has 0 bridgehead atoms. The van der Waals surface area contributed by atoms with Crippen LogP contribution in [0.3, 0.4) is 0 Å². The van der Waals surface area contributed by atoms with Crippen molar-refractivity contribution >= 4 is 21.6 Å². The lowest BCUT2D eigenvalue weighted by Gasteiger charge is -2.26. The zero-order chi connectivity index (χ0) is 21.7. The highest BCUT2D eigenvalue weighted by Crippen LogP contribution is 2.24. The molecule has 1 aliphatic rings. The molecule has 0 radical (unpaired) electrons. The van der Waals surface area contributed by atoms with Gasteiger partial charge in [-0.2, -0.15) is 9.57 Å². The van der Waals surface area contributed by atoms with Crippen molar-refractivity contribution in [1.82, 2.24) is 4.31 Å². The second-order valence-corrected chi connectivity index (χ2v) is 8.82. The largest absolute Gasteiger partial charge is 0.481 e. The van der Waals surface area contributed by atoms with E-state index in [1.165, 1.54) is 16.4 Å². The van der Waals surface area contributed by atoms with Crippen LogP contribution < -0.4 is 10.1 Å². The Kier molecular flexibility index (Phi) is 6.72. The number of ether oxygens (including phenoxy) is 2. The van der Waals surface area contributed by atoms with Gasteiger partial charge in [0.1, 0.15) is 5.75 Å². The van der Waals surface area contributed by atoms with Crippen molar-refractivity contribution in [3.05, 3.63) is 53.6 Å². The molecular formula is C21H23N3O5S. The summed E-state index contributed by atoms with van der Waals surface area (Å²) >= 11 is 0. The highest BCUT2D eigenvalue weighted by molar-refractivity contribution is 7.89. The van der Waals surface area contributed by atoms with Gasteiger partial charge in [0, 0.05) is 18.8 Å². The van der Waals surface area contributed by atoms with Gasteiger partial charge >= 0.3 is 0 Å². The van der Waals surface area contributed by atoms with E-state index in [9.17, 15) is 13.2 Å². The molecule has 158 valence electrons. The van der Waals surface area contributed by atoms with E-state index in [1.807, 2.05) is 6.07 Å². The van der Waals surface area contributed by atoms with E-state index in [1.54, 1.807) is 44.2 Å². The number of anilines is 1. The van der Waals surface area contributed by atoms with Crippen molar-refractivity contribution in [3.8, 4) is 11.8 Å². The summed E-state index contributed by atoms with van der Waals surface area (Å²) in [6.45, 7) is 4.70. The van der Waals surface area contributed by atoms with Crippen LogP contribution in [-0.2, 0) is 19.6 Å². The van der Waals surface area contributed by atoms with Crippen LogP contribution in [0, 0.1) is 18.3 Å². The van der Waals surface area contributed by atoms with Gasteiger partial charge in [-0.05, 0) is 55.8 Å². The summed E-state index contributed by atoms with van der Waals surface area (Å²) in [6, 6.07) is 13.1. The highest BCUT2D eigenvalue weighted by Gasteiger charge is 2.27. The molecule has 2 aromatic rings. The molecule has 0 saturated carbocycles. The number of amides is 1. The van der Waals surface area contributed by atoms with Gasteiger partial charge in [-0.25, -0.2) is 8.42 Å². The summed E-state index contributed by atoms with van der Waals surface area (Å²) in [6.07, 6.45) is -0.822. The molecule has 0 aliphatic carbocycles. The van der Waals surface area contributed by atoms with Crippen molar-refractivity contribution in [2.45, 2.75) is 24.8 Å². The Morgan fingerprint density at radius 1 is 1.20 bits per heavy atom. The smallest absolute Gasteiger partial charge is 0.265 e. The first-order chi connectivity index (χ1) is 14.3. The molecule has 0 spiro atoms. The minimum absolute atomic E-state index is 0.117. The molecule has 30 heavy (non-hydrogen) atoms. The van der Waals surface area contributed by atoms with Crippen molar-refractivity contribution in [3.63, 3.8) is 0 Å². The minimum atomic E-state index is -3.67. The number of nitrogens with zero attached hydrogens (tertiary/aromatic N) is 2. The number of hydrogen-bond acceptors (Lipinski definition) is 6. The first-order valence-electron chi connectivity index (χ1n) is 9.47. The number of carbonyl (C=O) groups is 1. The van der Waals surface area contributed by atoms with Crippen LogP contribution in [0.5, 0.6) is 5.75 Å². The lowest BCUT2D eigenvalue weighted by molar-refractivity contribution is -0.122. The van der Waals surface area contributed by atoms with Crippen LogP contribution >= 0.6 is 0 Å². The minimum Gasteiger partial charge on any atom is -0.481 e. The van der Waals surface area contributed by atoms with Gasteiger partial charge in [0.25, 0.3) is 5.91 Å². The molecule has 1 heterocycles. The predicted molar refractivity (Wildman–Crippen MR) is 111 cm³/mol. The summed E-state index contributed by atoms with van der Waals surface area (Å²) in [5, 5.41) is 11.6. The van der Waals surface area contributed by atoms with Crippen LogP contribution in [0.25, 0.3) is 0 Å². The van der Waals surface area contributed by atoms with E-state index in [0.29, 0.717) is 43.3 Å². The third-order valence-corrected chi connectivity index (χ3v) is 6.63. The monoisotopic (exact) mass is 429 g/mol. The Labute approximate surface area is 176 Å². The molecule has 2 aromatic carbocycles. The summed E-state index contributed by atoms with van der Waals surface area (Å²) in [5.74, 6) is 0.0420. The number of sulfonamides is 1. The third-order valence-electron chi connectivity index (χ3n) is 4.74. The maximum atomic E-state index is 12.9. The van der Waals surface area contributed by atoms with Gasteiger partial charge in [-0.3, -0.25) is 4.79 Å². The van der Waals surface area contributed by atoms with Crippen LogP contribution in [0.4, 0.5) is 5.69 Å². The molecule has 1 fully saturated rings. The molecule has 3 rings (SSSR count). The van der Waals surface area contributed by atoms with Gasteiger partial charge in [-0.15, -0.1) is 0 Å². The standard InChI is InChI=1S/C21H23N3O5S/c1-15-3-8-19(30(26,27)24-9-11-28-12-10-24)13-20(15)23-21(25)16(2)29-18-6-4-17(14-22)5-7-18/h3-8,13,16H,9-12H2,1-2H3,(H,23,25). The molecule has 1 amide bonds. The topological polar surface area (TPSA) is 109 Å².